The average Bonchev–Trinajstić information content (AvgIpc) is 3.53. The zero-order valence-corrected chi connectivity index (χ0v) is 17.3. The van der Waals surface area contributed by atoms with Crippen LogP contribution in [0, 0.1) is 12.8 Å². The van der Waals surface area contributed by atoms with E-state index in [1.54, 1.807) is 26.4 Å². The Morgan fingerprint density at radius 2 is 2.13 bits per heavy atom. The lowest BCUT2D eigenvalue weighted by Crippen LogP contribution is -2.24. The molecule has 0 aliphatic heterocycles. The second kappa shape index (κ2) is 8.52. The van der Waals surface area contributed by atoms with Gasteiger partial charge in [-0.05, 0) is 37.6 Å². The van der Waals surface area contributed by atoms with Gasteiger partial charge in [-0.2, -0.15) is 0 Å². The Hall–Kier alpha value is -3.42. The molecule has 8 heteroatoms. The van der Waals surface area contributed by atoms with Crippen LogP contribution >= 0.6 is 0 Å². The van der Waals surface area contributed by atoms with Gasteiger partial charge in [0, 0.05) is 36.3 Å². The van der Waals surface area contributed by atoms with Crippen molar-refractivity contribution in [3.05, 3.63) is 70.0 Å². The SMILES string of the molecule is COc1ccc([C@@H]2CC2COc2cc(NCc3cccc(C)n3)c(=O)n(C)n2)nc1. The molecule has 0 amide bonds. The molecule has 1 fully saturated rings. The number of ether oxygens (including phenoxy) is 2. The van der Waals surface area contributed by atoms with Gasteiger partial charge in [-0.15, -0.1) is 5.10 Å². The first-order chi connectivity index (χ1) is 14.5. The van der Waals surface area contributed by atoms with Crippen LogP contribution in [-0.4, -0.2) is 33.5 Å². The number of methoxy groups -OCH3 is 1. The zero-order chi connectivity index (χ0) is 21.1. The summed E-state index contributed by atoms with van der Waals surface area (Å²) in [5.41, 5.74) is 3.08. The molecule has 0 radical (unpaired) electrons. The zero-order valence-electron chi connectivity index (χ0n) is 17.3. The number of anilines is 1. The van der Waals surface area contributed by atoms with Gasteiger partial charge in [0.25, 0.3) is 5.56 Å². The summed E-state index contributed by atoms with van der Waals surface area (Å²) in [7, 11) is 3.25. The Morgan fingerprint density at radius 1 is 1.27 bits per heavy atom. The minimum absolute atomic E-state index is 0.207. The van der Waals surface area contributed by atoms with Gasteiger partial charge in [-0.1, -0.05) is 6.07 Å². The molecule has 1 saturated carbocycles. The van der Waals surface area contributed by atoms with E-state index < -0.39 is 0 Å². The molecule has 3 aromatic heterocycles. The van der Waals surface area contributed by atoms with Gasteiger partial charge in [0.15, 0.2) is 0 Å². The van der Waals surface area contributed by atoms with Crippen molar-refractivity contribution >= 4 is 5.69 Å². The average molecular weight is 407 g/mol. The van der Waals surface area contributed by atoms with Crippen LogP contribution in [0.15, 0.2) is 47.4 Å². The monoisotopic (exact) mass is 407 g/mol. The first-order valence-electron chi connectivity index (χ1n) is 9.91. The third-order valence-electron chi connectivity index (χ3n) is 5.19. The highest BCUT2D eigenvalue weighted by atomic mass is 16.5. The van der Waals surface area contributed by atoms with Gasteiger partial charge in [-0.3, -0.25) is 14.8 Å². The highest BCUT2D eigenvalue weighted by Crippen LogP contribution is 2.46. The van der Waals surface area contributed by atoms with E-state index in [9.17, 15) is 4.79 Å². The number of hydrogen-bond acceptors (Lipinski definition) is 7. The third kappa shape index (κ3) is 4.59. The molecule has 4 rings (SSSR count). The molecule has 1 aliphatic rings. The van der Waals surface area contributed by atoms with Gasteiger partial charge in [0.1, 0.15) is 11.4 Å². The molecule has 2 atom stereocenters. The van der Waals surface area contributed by atoms with Crippen LogP contribution in [0.1, 0.15) is 29.4 Å². The Balaban J connectivity index is 1.37. The summed E-state index contributed by atoms with van der Waals surface area (Å²) in [6.07, 6.45) is 2.76. The number of nitrogens with zero attached hydrogens (tertiary/aromatic N) is 4. The normalized spacial score (nSPS) is 17.4. The van der Waals surface area contributed by atoms with Crippen LogP contribution in [0.5, 0.6) is 11.6 Å². The number of pyridine rings is 2. The van der Waals surface area contributed by atoms with Crippen LogP contribution in [0.3, 0.4) is 0 Å². The van der Waals surface area contributed by atoms with Crippen molar-refractivity contribution in [3.63, 3.8) is 0 Å². The molecule has 3 heterocycles. The maximum Gasteiger partial charge on any atom is 0.290 e. The lowest BCUT2D eigenvalue weighted by molar-refractivity contribution is 0.278. The number of hydrogen-bond donors (Lipinski definition) is 1. The Kier molecular flexibility index (Phi) is 5.65. The molecule has 0 spiro atoms. The van der Waals surface area contributed by atoms with Crippen molar-refractivity contribution < 1.29 is 9.47 Å². The first-order valence-corrected chi connectivity index (χ1v) is 9.91. The molecule has 0 saturated heterocycles. The van der Waals surface area contributed by atoms with Crippen molar-refractivity contribution in [2.75, 3.05) is 19.0 Å². The quantitative estimate of drug-likeness (QED) is 0.614. The van der Waals surface area contributed by atoms with Gasteiger partial charge >= 0.3 is 0 Å². The number of nitrogens with one attached hydrogen (secondary N) is 1. The number of aryl methyl sites for hydroxylation is 2. The summed E-state index contributed by atoms with van der Waals surface area (Å²) < 4.78 is 12.3. The van der Waals surface area contributed by atoms with E-state index in [2.05, 4.69) is 20.4 Å². The lowest BCUT2D eigenvalue weighted by atomic mass is 10.2. The summed E-state index contributed by atoms with van der Waals surface area (Å²) in [6, 6.07) is 11.4. The van der Waals surface area contributed by atoms with Crippen LogP contribution in [0.2, 0.25) is 0 Å². The first kappa shape index (κ1) is 19.9. The Labute approximate surface area is 174 Å². The van der Waals surface area contributed by atoms with Gasteiger partial charge in [0.05, 0.1) is 32.2 Å². The molecule has 3 aromatic rings. The van der Waals surface area contributed by atoms with Crippen molar-refractivity contribution in [2.24, 2.45) is 13.0 Å². The summed E-state index contributed by atoms with van der Waals surface area (Å²) in [5.74, 6) is 1.94. The highest BCUT2D eigenvalue weighted by Gasteiger charge is 2.40. The number of aromatic nitrogens is 4. The van der Waals surface area contributed by atoms with Crippen LogP contribution in [0.4, 0.5) is 5.69 Å². The standard InChI is InChI=1S/C22H25N5O3/c1-14-5-4-6-16(25-14)11-23-20-10-21(26-27(2)22(20)28)30-13-15-9-18(15)19-8-7-17(29-3)12-24-19/h4-8,10,12,15,18,23H,9,11,13H2,1-3H3/t15?,18-/m1/s1. The summed E-state index contributed by atoms with van der Waals surface area (Å²) in [5, 5.41) is 7.37. The summed E-state index contributed by atoms with van der Waals surface area (Å²) >= 11 is 0. The molecular formula is C22H25N5O3. The molecule has 30 heavy (non-hydrogen) atoms. The van der Waals surface area contributed by atoms with E-state index in [0.29, 0.717) is 36.6 Å². The fraction of sp³-hybridized carbons (Fsp3) is 0.364. The van der Waals surface area contributed by atoms with Gasteiger partial charge in [-0.25, -0.2) is 4.68 Å². The molecule has 156 valence electrons. The van der Waals surface area contributed by atoms with Crippen LogP contribution < -0.4 is 20.3 Å². The molecule has 0 bridgehead atoms. The Morgan fingerprint density at radius 3 is 2.87 bits per heavy atom. The van der Waals surface area contributed by atoms with E-state index in [1.165, 1.54) is 4.68 Å². The van der Waals surface area contributed by atoms with Gasteiger partial charge in [0.2, 0.25) is 5.88 Å². The van der Waals surface area contributed by atoms with Crippen molar-refractivity contribution in [1.82, 2.24) is 19.7 Å². The smallest absolute Gasteiger partial charge is 0.290 e. The molecular weight excluding hydrogens is 382 g/mol. The molecule has 8 nitrogen and oxygen atoms in total. The maximum absolute atomic E-state index is 12.4. The predicted molar refractivity (Wildman–Crippen MR) is 113 cm³/mol. The minimum atomic E-state index is -0.207. The Bertz CT molecular complexity index is 1080. The van der Waals surface area contributed by atoms with E-state index in [0.717, 1.165) is 29.3 Å². The molecule has 1 aliphatic carbocycles. The van der Waals surface area contributed by atoms with E-state index in [-0.39, 0.29) is 5.56 Å². The fourth-order valence-electron chi connectivity index (χ4n) is 3.38. The predicted octanol–water partition coefficient (Wildman–Crippen LogP) is 2.68. The lowest BCUT2D eigenvalue weighted by Gasteiger charge is -2.11. The fourth-order valence-corrected chi connectivity index (χ4v) is 3.38. The summed E-state index contributed by atoms with van der Waals surface area (Å²) in [6.45, 7) is 2.92. The van der Waals surface area contributed by atoms with E-state index >= 15 is 0 Å². The molecule has 0 aromatic carbocycles. The third-order valence-corrected chi connectivity index (χ3v) is 5.19. The largest absolute Gasteiger partial charge is 0.495 e. The summed E-state index contributed by atoms with van der Waals surface area (Å²) in [4.78, 5) is 21.3. The second-order valence-corrected chi connectivity index (χ2v) is 7.49. The van der Waals surface area contributed by atoms with Crippen LogP contribution in [0.25, 0.3) is 0 Å². The van der Waals surface area contributed by atoms with E-state index in [1.807, 2.05) is 37.3 Å². The van der Waals surface area contributed by atoms with Crippen LogP contribution in [-0.2, 0) is 13.6 Å². The molecule has 1 unspecified atom stereocenters. The van der Waals surface area contributed by atoms with Crippen molar-refractivity contribution in [1.29, 1.82) is 0 Å². The van der Waals surface area contributed by atoms with Gasteiger partial charge < -0.3 is 14.8 Å². The van der Waals surface area contributed by atoms with E-state index in [4.69, 9.17) is 9.47 Å². The maximum atomic E-state index is 12.4. The molecule has 1 N–H and O–H groups in total. The minimum Gasteiger partial charge on any atom is -0.495 e. The highest BCUT2D eigenvalue weighted by molar-refractivity contribution is 5.43. The van der Waals surface area contributed by atoms with Crippen molar-refractivity contribution in [2.45, 2.75) is 25.8 Å². The van der Waals surface area contributed by atoms with Crippen molar-refractivity contribution in [3.8, 4) is 11.6 Å². The number of rotatable bonds is 8. The second-order valence-electron chi connectivity index (χ2n) is 7.49. The topological polar surface area (TPSA) is 91.2 Å².